The average Bonchev–Trinajstić information content (AvgIpc) is 2.72. The smallest absolute Gasteiger partial charge is 0.219 e. The van der Waals surface area contributed by atoms with Crippen LogP contribution in [-0.4, -0.2) is 15.0 Å². The van der Waals surface area contributed by atoms with Gasteiger partial charge in [0.2, 0.25) is 5.12 Å². The number of halogens is 1. The number of carbonyl (C=O) groups excluding carboxylic acids is 1. The maximum atomic E-state index is 13.0. The summed E-state index contributed by atoms with van der Waals surface area (Å²) in [6, 6.07) is 14.3. The summed E-state index contributed by atoms with van der Waals surface area (Å²) in [5.41, 5.74) is 3.44. The molecule has 2 nitrogen and oxygen atoms in total. The Morgan fingerprint density at radius 1 is 1.04 bits per heavy atom. The quantitative estimate of drug-likeness (QED) is 0.871. The van der Waals surface area contributed by atoms with Crippen LogP contribution >= 0.6 is 11.8 Å². The van der Waals surface area contributed by atoms with Gasteiger partial charge in [0.15, 0.2) is 0 Å². The van der Waals surface area contributed by atoms with Gasteiger partial charge < -0.3 is 5.11 Å². The van der Waals surface area contributed by atoms with E-state index in [9.17, 15) is 14.3 Å². The molecule has 1 N–H and O–H groups in total. The molecular weight excluding hydrogens is 311 g/mol. The van der Waals surface area contributed by atoms with Crippen molar-refractivity contribution in [3.63, 3.8) is 0 Å². The fraction of sp³-hybridized carbons (Fsp3) is 0.211. The van der Waals surface area contributed by atoms with E-state index in [1.165, 1.54) is 23.9 Å². The molecule has 3 rings (SSSR count). The molecule has 2 aromatic carbocycles. The highest BCUT2D eigenvalue weighted by molar-refractivity contribution is 8.15. The lowest BCUT2D eigenvalue weighted by molar-refractivity contribution is -0.107. The zero-order valence-electron chi connectivity index (χ0n) is 13.0. The summed E-state index contributed by atoms with van der Waals surface area (Å²) in [5, 5.41) is 10.1. The number of thioether (sulfide) groups is 1. The maximum Gasteiger partial charge on any atom is 0.219 e. The molecular formula is C19H17FO2S. The molecule has 0 saturated carbocycles. The van der Waals surface area contributed by atoms with Gasteiger partial charge in [-0.2, -0.15) is 0 Å². The Kier molecular flexibility index (Phi) is 4.02. The minimum atomic E-state index is -0.599. The highest BCUT2D eigenvalue weighted by Gasteiger charge is 2.41. The lowest BCUT2D eigenvalue weighted by atomic mass is 9.95. The van der Waals surface area contributed by atoms with Crippen LogP contribution in [0.25, 0.3) is 11.1 Å². The molecule has 0 radical (unpaired) electrons. The molecule has 118 valence electrons. The Labute approximate surface area is 139 Å². The average molecular weight is 328 g/mol. The molecule has 1 aliphatic rings. The second kappa shape index (κ2) is 5.85. The van der Waals surface area contributed by atoms with Crippen LogP contribution in [0.3, 0.4) is 0 Å². The van der Waals surface area contributed by atoms with Crippen molar-refractivity contribution in [3.8, 4) is 11.1 Å². The summed E-state index contributed by atoms with van der Waals surface area (Å²) in [7, 11) is 0. The minimum absolute atomic E-state index is 0.0621. The third-order valence-electron chi connectivity index (χ3n) is 4.15. The molecule has 4 heteroatoms. The molecule has 1 heterocycles. The summed E-state index contributed by atoms with van der Waals surface area (Å²) in [4.78, 5) is 11.8. The van der Waals surface area contributed by atoms with Gasteiger partial charge in [-0.05, 0) is 49.1 Å². The van der Waals surface area contributed by atoms with Crippen LogP contribution in [0.2, 0.25) is 0 Å². The van der Waals surface area contributed by atoms with E-state index >= 15 is 0 Å². The highest BCUT2D eigenvalue weighted by atomic mass is 32.2. The number of aliphatic hydroxyl groups is 1. The van der Waals surface area contributed by atoms with Gasteiger partial charge in [-0.25, -0.2) is 4.39 Å². The van der Waals surface area contributed by atoms with Crippen molar-refractivity contribution in [2.24, 2.45) is 0 Å². The van der Waals surface area contributed by atoms with Crippen molar-refractivity contribution in [3.05, 3.63) is 71.2 Å². The van der Waals surface area contributed by atoms with Crippen molar-refractivity contribution in [2.45, 2.75) is 25.0 Å². The Hall–Kier alpha value is -2.07. The van der Waals surface area contributed by atoms with Crippen molar-refractivity contribution in [1.29, 1.82) is 0 Å². The summed E-state index contributed by atoms with van der Waals surface area (Å²) < 4.78 is 12.4. The van der Waals surface area contributed by atoms with Gasteiger partial charge in [-0.1, -0.05) is 48.2 Å². The molecule has 0 aliphatic carbocycles. The first kappa shape index (κ1) is 15.8. The lowest BCUT2D eigenvalue weighted by Gasteiger charge is -2.22. The molecule has 2 aromatic rings. The van der Waals surface area contributed by atoms with Crippen LogP contribution in [0.1, 0.15) is 19.4 Å². The Morgan fingerprint density at radius 3 is 2.04 bits per heavy atom. The highest BCUT2D eigenvalue weighted by Crippen LogP contribution is 2.44. The molecule has 0 fully saturated rings. The molecule has 0 saturated heterocycles. The standard InChI is InChI=1S/C19H17FO2S/c1-12-17(21)19(2,23-18(12)22)11-13-3-5-14(6-4-13)15-7-9-16(20)10-8-15/h3-10,21H,11H2,1-2H3. The van der Waals surface area contributed by atoms with Gasteiger partial charge in [-0.15, -0.1) is 0 Å². The van der Waals surface area contributed by atoms with E-state index in [1.54, 1.807) is 19.1 Å². The number of benzene rings is 2. The first-order valence-electron chi connectivity index (χ1n) is 7.37. The maximum absolute atomic E-state index is 13.0. The van der Waals surface area contributed by atoms with Gasteiger partial charge in [-0.3, -0.25) is 4.79 Å². The molecule has 23 heavy (non-hydrogen) atoms. The number of hydrogen-bond acceptors (Lipinski definition) is 3. The number of aliphatic hydroxyl groups excluding tert-OH is 1. The van der Waals surface area contributed by atoms with E-state index in [2.05, 4.69) is 0 Å². The first-order valence-corrected chi connectivity index (χ1v) is 8.19. The predicted octanol–water partition coefficient (Wildman–Crippen LogP) is 4.90. The van der Waals surface area contributed by atoms with Gasteiger partial charge >= 0.3 is 0 Å². The van der Waals surface area contributed by atoms with Crippen LogP contribution in [-0.2, 0) is 11.2 Å². The topological polar surface area (TPSA) is 37.3 Å². The fourth-order valence-corrected chi connectivity index (χ4v) is 3.94. The Balaban J connectivity index is 1.81. The monoisotopic (exact) mass is 328 g/mol. The van der Waals surface area contributed by atoms with Gasteiger partial charge in [0.05, 0.1) is 4.75 Å². The van der Waals surface area contributed by atoms with E-state index < -0.39 is 4.75 Å². The van der Waals surface area contributed by atoms with E-state index in [1.807, 2.05) is 31.2 Å². The van der Waals surface area contributed by atoms with Crippen molar-refractivity contribution >= 4 is 16.9 Å². The molecule has 1 atom stereocenters. The van der Waals surface area contributed by atoms with Crippen LogP contribution in [0, 0.1) is 5.82 Å². The molecule has 1 unspecified atom stereocenters. The summed E-state index contributed by atoms with van der Waals surface area (Å²) in [5.74, 6) is -0.0750. The number of rotatable bonds is 3. The molecule has 0 bridgehead atoms. The number of hydrogen-bond donors (Lipinski definition) is 1. The summed E-state index contributed by atoms with van der Waals surface area (Å²) in [6.07, 6.45) is 0.580. The normalized spacial score (nSPS) is 21.1. The van der Waals surface area contributed by atoms with Crippen molar-refractivity contribution < 1.29 is 14.3 Å². The van der Waals surface area contributed by atoms with Gasteiger partial charge in [0, 0.05) is 5.57 Å². The largest absolute Gasteiger partial charge is 0.510 e. The third-order valence-corrected chi connectivity index (χ3v) is 5.43. The van der Waals surface area contributed by atoms with Crippen LogP contribution in [0.5, 0.6) is 0 Å². The second-order valence-corrected chi connectivity index (χ2v) is 7.45. The third kappa shape index (κ3) is 3.04. The fourth-order valence-electron chi connectivity index (χ4n) is 2.79. The summed E-state index contributed by atoms with van der Waals surface area (Å²) >= 11 is 1.18. The van der Waals surface area contributed by atoms with Crippen LogP contribution in [0.4, 0.5) is 4.39 Å². The van der Waals surface area contributed by atoms with E-state index in [-0.39, 0.29) is 16.7 Å². The zero-order valence-corrected chi connectivity index (χ0v) is 13.8. The SMILES string of the molecule is CC1=C(O)C(C)(Cc2ccc(-c3ccc(F)cc3)cc2)SC1=O. The van der Waals surface area contributed by atoms with E-state index in [0.29, 0.717) is 12.0 Å². The molecule has 0 amide bonds. The first-order chi connectivity index (χ1) is 10.9. The van der Waals surface area contributed by atoms with Crippen molar-refractivity contribution in [1.82, 2.24) is 0 Å². The summed E-state index contributed by atoms with van der Waals surface area (Å²) in [6.45, 7) is 3.54. The predicted molar refractivity (Wildman–Crippen MR) is 91.9 cm³/mol. The van der Waals surface area contributed by atoms with Crippen LogP contribution in [0.15, 0.2) is 59.9 Å². The number of carbonyl (C=O) groups is 1. The van der Waals surface area contributed by atoms with E-state index in [4.69, 9.17) is 0 Å². The molecule has 1 aliphatic heterocycles. The van der Waals surface area contributed by atoms with Crippen molar-refractivity contribution in [2.75, 3.05) is 0 Å². The van der Waals surface area contributed by atoms with E-state index in [0.717, 1.165) is 16.7 Å². The second-order valence-electron chi connectivity index (χ2n) is 5.97. The van der Waals surface area contributed by atoms with Gasteiger partial charge in [0.25, 0.3) is 0 Å². The van der Waals surface area contributed by atoms with Gasteiger partial charge in [0.1, 0.15) is 11.6 Å². The minimum Gasteiger partial charge on any atom is -0.510 e. The lowest BCUT2D eigenvalue weighted by Crippen LogP contribution is -2.23. The van der Waals surface area contributed by atoms with Crippen LogP contribution < -0.4 is 0 Å². The molecule has 0 aromatic heterocycles. The molecule has 0 spiro atoms. The zero-order chi connectivity index (χ0) is 16.6. The Bertz CT molecular complexity index is 778. The Morgan fingerprint density at radius 2 is 1.57 bits per heavy atom.